The van der Waals surface area contributed by atoms with E-state index < -0.39 is 0 Å². The number of nitrogens with zero attached hydrogens (tertiary/aromatic N) is 1. The predicted molar refractivity (Wildman–Crippen MR) is 85.1 cm³/mol. The number of carbonyl (C=O) groups is 2. The van der Waals surface area contributed by atoms with Crippen LogP contribution in [0.4, 0.5) is 0 Å². The van der Waals surface area contributed by atoms with Crippen molar-refractivity contribution in [3.05, 3.63) is 21.4 Å². The van der Waals surface area contributed by atoms with Crippen LogP contribution in [0.5, 0.6) is 0 Å². The van der Waals surface area contributed by atoms with Crippen molar-refractivity contribution in [1.82, 2.24) is 10.2 Å². The molecular weight excluding hydrogens is 300 g/mol. The average molecular weight is 322 g/mol. The third-order valence-corrected chi connectivity index (χ3v) is 5.76. The fraction of sp³-hybridized carbons (Fsp3) is 0.625. The summed E-state index contributed by atoms with van der Waals surface area (Å²) in [5.74, 6) is -0.265. The number of rotatable bonds is 4. The van der Waals surface area contributed by atoms with Gasteiger partial charge in [0.25, 0.3) is 5.91 Å². The Hall–Kier alpha value is -1.40. The second-order valence-electron chi connectivity index (χ2n) is 6.01. The first-order valence-corrected chi connectivity index (χ1v) is 8.81. The van der Waals surface area contributed by atoms with Crippen LogP contribution in [-0.4, -0.2) is 47.6 Å². The van der Waals surface area contributed by atoms with Gasteiger partial charge in [-0.15, -0.1) is 11.3 Å². The van der Waals surface area contributed by atoms with Crippen molar-refractivity contribution < 1.29 is 14.7 Å². The molecule has 0 radical (unpaired) electrons. The number of hydrogen-bond acceptors (Lipinski definition) is 4. The molecule has 22 heavy (non-hydrogen) atoms. The summed E-state index contributed by atoms with van der Waals surface area (Å²) in [7, 11) is 0. The van der Waals surface area contributed by atoms with Crippen LogP contribution in [0, 0.1) is 0 Å². The maximum Gasteiger partial charge on any atom is 0.261 e. The van der Waals surface area contributed by atoms with Gasteiger partial charge in [-0.1, -0.05) is 0 Å². The summed E-state index contributed by atoms with van der Waals surface area (Å²) >= 11 is 1.56. The molecule has 5 nitrogen and oxygen atoms in total. The lowest BCUT2D eigenvalue weighted by atomic mass is 9.99. The number of carbonyl (C=O) groups excluding carboxylic acids is 2. The number of hydrogen-bond donors (Lipinski definition) is 2. The summed E-state index contributed by atoms with van der Waals surface area (Å²) in [4.78, 5) is 28.1. The largest absolute Gasteiger partial charge is 0.394 e. The lowest BCUT2D eigenvalue weighted by Crippen LogP contribution is -2.43. The lowest BCUT2D eigenvalue weighted by Gasteiger charge is -2.23. The van der Waals surface area contributed by atoms with Gasteiger partial charge in [-0.3, -0.25) is 9.59 Å². The number of thiophene rings is 1. The summed E-state index contributed by atoms with van der Waals surface area (Å²) in [5.41, 5.74) is 1.30. The van der Waals surface area contributed by atoms with Crippen LogP contribution in [0.25, 0.3) is 0 Å². The van der Waals surface area contributed by atoms with Crippen molar-refractivity contribution in [3.8, 4) is 0 Å². The number of aliphatic hydroxyl groups is 1. The highest BCUT2D eigenvalue weighted by Gasteiger charge is 2.28. The molecule has 1 saturated heterocycles. The van der Waals surface area contributed by atoms with Gasteiger partial charge in [-0.25, -0.2) is 0 Å². The second-order valence-corrected chi connectivity index (χ2v) is 7.15. The summed E-state index contributed by atoms with van der Waals surface area (Å²) < 4.78 is 0. The molecule has 0 unspecified atom stereocenters. The van der Waals surface area contributed by atoms with Crippen LogP contribution in [-0.2, 0) is 17.6 Å². The SMILES string of the molecule is O=C(NCC(=O)N1CCC[C@@H]1CO)c1cc2c(s1)CCCC2. The Balaban J connectivity index is 1.56. The van der Waals surface area contributed by atoms with Gasteiger partial charge in [0.15, 0.2) is 0 Å². The van der Waals surface area contributed by atoms with Gasteiger partial charge in [0.2, 0.25) is 5.91 Å². The zero-order chi connectivity index (χ0) is 15.5. The van der Waals surface area contributed by atoms with E-state index in [9.17, 15) is 14.7 Å². The minimum absolute atomic E-state index is 0.00265. The molecule has 6 heteroatoms. The van der Waals surface area contributed by atoms with Gasteiger partial charge in [-0.05, 0) is 50.2 Å². The van der Waals surface area contributed by atoms with Gasteiger partial charge < -0.3 is 15.3 Å². The number of nitrogens with one attached hydrogen (secondary N) is 1. The molecular formula is C16H22N2O3S. The highest BCUT2D eigenvalue weighted by atomic mass is 32.1. The first kappa shape index (κ1) is 15.5. The van der Waals surface area contributed by atoms with E-state index in [4.69, 9.17) is 0 Å². The van der Waals surface area contributed by atoms with E-state index in [2.05, 4.69) is 5.32 Å². The minimum Gasteiger partial charge on any atom is -0.394 e. The van der Waals surface area contributed by atoms with Crippen LogP contribution < -0.4 is 5.32 Å². The molecule has 2 heterocycles. The zero-order valence-corrected chi connectivity index (χ0v) is 13.5. The van der Waals surface area contributed by atoms with Crippen molar-refractivity contribution >= 4 is 23.2 Å². The Morgan fingerprint density at radius 2 is 2.14 bits per heavy atom. The normalized spacial score (nSPS) is 20.8. The molecule has 1 aliphatic heterocycles. The van der Waals surface area contributed by atoms with Crippen molar-refractivity contribution in [2.24, 2.45) is 0 Å². The molecule has 1 atom stereocenters. The number of aliphatic hydroxyl groups excluding tert-OH is 1. The Morgan fingerprint density at radius 3 is 2.91 bits per heavy atom. The topological polar surface area (TPSA) is 69.6 Å². The van der Waals surface area contributed by atoms with E-state index in [0.29, 0.717) is 11.4 Å². The number of likely N-dealkylation sites (tertiary alicyclic amines) is 1. The fourth-order valence-electron chi connectivity index (χ4n) is 3.30. The van der Waals surface area contributed by atoms with E-state index >= 15 is 0 Å². The summed E-state index contributed by atoms with van der Waals surface area (Å²) in [5, 5.41) is 12.0. The first-order chi connectivity index (χ1) is 10.7. The fourth-order valence-corrected chi connectivity index (χ4v) is 4.47. The van der Waals surface area contributed by atoms with Gasteiger partial charge in [0.05, 0.1) is 24.1 Å². The van der Waals surface area contributed by atoms with Crippen molar-refractivity contribution in [3.63, 3.8) is 0 Å². The Bertz CT molecular complexity index is 546. The standard InChI is InChI=1S/C16H22N2O3S/c19-10-12-5-3-7-18(12)15(20)9-17-16(21)14-8-11-4-1-2-6-13(11)22-14/h8,12,19H,1-7,9-10H2,(H,17,21)/t12-/m1/s1. The van der Waals surface area contributed by atoms with E-state index in [1.54, 1.807) is 16.2 Å². The molecule has 0 aromatic carbocycles. The van der Waals surface area contributed by atoms with Gasteiger partial charge in [-0.2, -0.15) is 0 Å². The maximum atomic E-state index is 12.2. The molecule has 2 amide bonds. The molecule has 120 valence electrons. The molecule has 2 N–H and O–H groups in total. The average Bonchev–Trinajstić information content (AvgIpc) is 3.17. The molecule has 0 bridgehead atoms. The highest BCUT2D eigenvalue weighted by Crippen LogP contribution is 2.29. The first-order valence-electron chi connectivity index (χ1n) is 7.99. The second kappa shape index (κ2) is 6.79. The predicted octanol–water partition coefficient (Wildman–Crippen LogP) is 1.34. The molecule has 1 fully saturated rings. The van der Waals surface area contributed by atoms with Crippen molar-refractivity contribution in [1.29, 1.82) is 0 Å². The number of amides is 2. The molecule has 2 aliphatic rings. The Labute approximate surface area is 134 Å². The number of fused-ring (bicyclic) bond motifs is 1. The van der Waals surface area contributed by atoms with Gasteiger partial charge >= 0.3 is 0 Å². The van der Waals surface area contributed by atoms with Crippen LogP contribution >= 0.6 is 11.3 Å². The monoisotopic (exact) mass is 322 g/mol. The molecule has 0 saturated carbocycles. The van der Waals surface area contributed by atoms with Crippen LogP contribution in [0.1, 0.15) is 45.8 Å². The maximum absolute atomic E-state index is 12.2. The van der Waals surface area contributed by atoms with E-state index in [1.165, 1.54) is 23.3 Å². The third kappa shape index (κ3) is 3.17. The van der Waals surface area contributed by atoms with E-state index in [0.717, 1.165) is 25.7 Å². The molecule has 0 spiro atoms. The highest BCUT2D eigenvalue weighted by molar-refractivity contribution is 7.14. The van der Waals surface area contributed by atoms with Crippen LogP contribution in [0.2, 0.25) is 0 Å². The van der Waals surface area contributed by atoms with E-state index in [1.807, 2.05) is 6.07 Å². The summed E-state index contributed by atoms with van der Waals surface area (Å²) in [6, 6.07) is 1.89. The Kier molecular flexibility index (Phi) is 4.78. The van der Waals surface area contributed by atoms with Gasteiger partial charge in [0, 0.05) is 11.4 Å². The minimum atomic E-state index is -0.160. The van der Waals surface area contributed by atoms with E-state index in [-0.39, 0.29) is 31.0 Å². The van der Waals surface area contributed by atoms with Gasteiger partial charge in [0.1, 0.15) is 0 Å². The van der Waals surface area contributed by atoms with Crippen molar-refractivity contribution in [2.45, 2.75) is 44.6 Å². The third-order valence-electron chi connectivity index (χ3n) is 4.53. The van der Waals surface area contributed by atoms with Crippen LogP contribution in [0.3, 0.4) is 0 Å². The van der Waals surface area contributed by atoms with Crippen LogP contribution in [0.15, 0.2) is 6.07 Å². The molecule has 1 aromatic heterocycles. The Morgan fingerprint density at radius 1 is 1.32 bits per heavy atom. The molecule has 1 aromatic rings. The molecule has 1 aliphatic carbocycles. The molecule has 3 rings (SSSR count). The lowest BCUT2D eigenvalue weighted by molar-refractivity contribution is -0.131. The summed E-state index contributed by atoms with van der Waals surface area (Å²) in [6.45, 7) is 0.683. The summed E-state index contributed by atoms with van der Waals surface area (Å²) in [6.07, 6.45) is 6.28. The van der Waals surface area contributed by atoms with Crippen molar-refractivity contribution in [2.75, 3.05) is 19.7 Å². The number of aryl methyl sites for hydroxylation is 2. The zero-order valence-electron chi connectivity index (χ0n) is 12.6. The quantitative estimate of drug-likeness (QED) is 0.879. The smallest absolute Gasteiger partial charge is 0.261 e.